The van der Waals surface area contributed by atoms with Crippen LogP contribution < -0.4 is 5.32 Å². The molecule has 7 nitrogen and oxygen atoms in total. The van der Waals surface area contributed by atoms with Crippen molar-refractivity contribution >= 4 is 28.8 Å². The second-order valence-electron chi connectivity index (χ2n) is 7.34. The first-order valence-electron chi connectivity index (χ1n) is 8.00. The maximum Gasteiger partial charge on any atom is 0.329 e. The maximum absolute atomic E-state index is 12.4. The molecule has 2 unspecified atom stereocenters. The molecule has 24 heavy (non-hydrogen) atoms. The van der Waals surface area contributed by atoms with E-state index in [4.69, 9.17) is 9.15 Å². The molecular weight excluding hydrogens is 310 g/mol. The minimum Gasteiger partial charge on any atom is -0.459 e. The summed E-state index contributed by atoms with van der Waals surface area (Å²) in [6.45, 7) is 6.54. The Morgan fingerprint density at radius 2 is 2.17 bits per heavy atom. The van der Waals surface area contributed by atoms with Crippen molar-refractivity contribution in [3.63, 3.8) is 0 Å². The van der Waals surface area contributed by atoms with Gasteiger partial charge in [0, 0.05) is 17.5 Å². The number of benzene rings is 1. The summed E-state index contributed by atoms with van der Waals surface area (Å²) in [5.41, 5.74) is 1.82. The Balaban J connectivity index is 1.54. The van der Waals surface area contributed by atoms with Crippen molar-refractivity contribution in [1.29, 1.82) is 0 Å². The van der Waals surface area contributed by atoms with Gasteiger partial charge in [0.15, 0.2) is 5.58 Å². The molecule has 0 saturated carbocycles. The summed E-state index contributed by atoms with van der Waals surface area (Å²) in [4.78, 5) is 30.0. The van der Waals surface area contributed by atoms with Crippen molar-refractivity contribution in [2.75, 3.05) is 11.9 Å². The largest absolute Gasteiger partial charge is 0.459 e. The third-order valence-corrected chi connectivity index (χ3v) is 4.36. The fourth-order valence-electron chi connectivity index (χ4n) is 3.09. The number of urea groups is 1. The monoisotopic (exact) mass is 329 g/mol. The van der Waals surface area contributed by atoms with E-state index in [0.717, 1.165) is 0 Å². The van der Waals surface area contributed by atoms with Crippen molar-refractivity contribution < 1.29 is 18.7 Å². The molecule has 2 atom stereocenters. The summed E-state index contributed by atoms with van der Waals surface area (Å²) in [6.07, 6.45) is 0.421. The van der Waals surface area contributed by atoms with Gasteiger partial charge in [-0.3, -0.25) is 0 Å². The van der Waals surface area contributed by atoms with Gasteiger partial charge in [-0.25, -0.2) is 14.6 Å². The van der Waals surface area contributed by atoms with Crippen molar-refractivity contribution in [3.05, 3.63) is 24.1 Å². The zero-order chi connectivity index (χ0) is 17.1. The highest BCUT2D eigenvalue weighted by atomic mass is 16.6. The van der Waals surface area contributed by atoms with Crippen molar-refractivity contribution in [1.82, 2.24) is 9.88 Å². The quantitative estimate of drug-likeness (QED) is 0.813. The van der Waals surface area contributed by atoms with E-state index in [9.17, 15) is 9.59 Å². The predicted molar refractivity (Wildman–Crippen MR) is 86.7 cm³/mol. The van der Waals surface area contributed by atoms with Crippen LogP contribution in [-0.4, -0.2) is 40.6 Å². The molecule has 2 aromatic rings. The molecule has 1 N–H and O–H groups in total. The average Bonchev–Trinajstić information content (AvgIpc) is 3.17. The second kappa shape index (κ2) is 4.96. The topological polar surface area (TPSA) is 84.7 Å². The molecule has 2 bridgehead atoms. The van der Waals surface area contributed by atoms with E-state index >= 15 is 0 Å². The minimum absolute atomic E-state index is 0.166. The summed E-state index contributed by atoms with van der Waals surface area (Å²) in [5.74, 6) is 0.337. The smallest absolute Gasteiger partial charge is 0.329 e. The van der Waals surface area contributed by atoms with E-state index in [0.29, 0.717) is 35.6 Å². The normalized spacial score (nSPS) is 23.0. The number of morpholine rings is 1. The molecule has 126 valence electrons. The zero-order valence-corrected chi connectivity index (χ0v) is 13.8. The Hall–Kier alpha value is -2.57. The number of hydrogen-bond donors (Lipinski definition) is 1. The van der Waals surface area contributed by atoms with Gasteiger partial charge < -0.3 is 19.4 Å². The standard InChI is InChI=1S/C17H19N3O4/c1-17(2,3)15-19-11-6-9(4-5-13(11)24-15)18-16(22)20-8-10-7-12(20)14(21)23-10/h4-6,10,12H,7-8H2,1-3H3,(H,18,22). The van der Waals surface area contributed by atoms with Crippen LogP contribution in [0.1, 0.15) is 33.1 Å². The van der Waals surface area contributed by atoms with Crippen LogP contribution in [0.25, 0.3) is 11.1 Å². The molecule has 0 radical (unpaired) electrons. The molecule has 2 fully saturated rings. The van der Waals surface area contributed by atoms with Gasteiger partial charge in [0.05, 0.1) is 6.54 Å². The van der Waals surface area contributed by atoms with Gasteiger partial charge in [-0.05, 0) is 18.2 Å². The fourth-order valence-corrected chi connectivity index (χ4v) is 3.09. The molecular formula is C17H19N3O4. The van der Waals surface area contributed by atoms with Crippen LogP contribution in [0.3, 0.4) is 0 Å². The predicted octanol–water partition coefficient (Wildman–Crippen LogP) is 2.66. The molecule has 4 rings (SSSR count). The lowest BCUT2D eigenvalue weighted by atomic mass is 9.97. The van der Waals surface area contributed by atoms with Gasteiger partial charge >= 0.3 is 12.0 Å². The van der Waals surface area contributed by atoms with Crippen LogP contribution in [0.5, 0.6) is 0 Å². The number of ether oxygens (including phenoxy) is 1. The van der Waals surface area contributed by atoms with Crippen molar-refractivity contribution in [2.24, 2.45) is 0 Å². The van der Waals surface area contributed by atoms with Crippen LogP contribution in [-0.2, 0) is 14.9 Å². The molecule has 2 aliphatic heterocycles. The molecule has 7 heteroatoms. The molecule has 2 aliphatic rings. The summed E-state index contributed by atoms with van der Waals surface area (Å²) in [7, 11) is 0. The maximum atomic E-state index is 12.4. The molecule has 1 aromatic carbocycles. The Labute approximate surface area is 139 Å². The highest BCUT2D eigenvalue weighted by molar-refractivity contribution is 5.95. The highest BCUT2D eigenvalue weighted by Gasteiger charge is 2.48. The van der Waals surface area contributed by atoms with E-state index < -0.39 is 6.04 Å². The summed E-state index contributed by atoms with van der Waals surface area (Å²) >= 11 is 0. The number of likely N-dealkylation sites (tertiary alicyclic amines) is 1. The number of hydrogen-bond acceptors (Lipinski definition) is 5. The average molecular weight is 329 g/mol. The Morgan fingerprint density at radius 3 is 2.83 bits per heavy atom. The Morgan fingerprint density at radius 1 is 1.38 bits per heavy atom. The van der Waals surface area contributed by atoms with Gasteiger partial charge in [0.1, 0.15) is 17.7 Å². The molecule has 0 spiro atoms. The summed E-state index contributed by atoms with van der Waals surface area (Å²) in [5, 5.41) is 2.83. The number of carbonyl (C=O) groups excluding carboxylic acids is 2. The number of aromatic nitrogens is 1. The third-order valence-electron chi connectivity index (χ3n) is 4.36. The van der Waals surface area contributed by atoms with Crippen LogP contribution in [0, 0.1) is 0 Å². The SMILES string of the molecule is CC(C)(C)c1nc2cc(NC(=O)N3CC4CC3C(=O)O4)ccc2o1. The number of amides is 2. The number of rotatable bonds is 1. The fraction of sp³-hybridized carbons (Fsp3) is 0.471. The van der Waals surface area contributed by atoms with E-state index in [1.165, 1.54) is 4.90 Å². The van der Waals surface area contributed by atoms with Gasteiger partial charge in [-0.2, -0.15) is 0 Å². The number of oxazole rings is 1. The van der Waals surface area contributed by atoms with Crippen molar-refractivity contribution in [2.45, 2.75) is 44.8 Å². The molecule has 2 amide bonds. The first-order valence-corrected chi connectivity index (χ1v) is 8.00. The number of nitrogens with zero attached hydrogens (tertiary/aromatic N) is 2. The van der Waals surface area contributed by atoms with Crippen LogP contribution in [0.15, 0.2) is 22.6 Å². The number of anilines is 1. The lowest BCUT2D eigenvalue weighted by molar-refractivity contribution is -0.149. The van der Waals surface area contributed by atoms with Crippen LogP contribution in [0.4, 0.5) is 10.5 Å². The number of esters is 1. The Bertz CT molecular complexity index is 836. The zero-order valence-electron chi connectivity index (χ0n) is 13.8. The lowest BCUT2D eigenvalue weighted by Gasteiger charge is -2.25. The second-order valence-corrected chi connectivity index (χ2v) is 7.34. The Kier molecular flexibility index (Phi) is 3.10. The first-order chi connectivity index (χ1) is 11.3. The van der Waals surface area contributed by atoms with E-state index in [2.05, 4.69) is 10.3 Å². The molecule has 3 heterocycles. The van der Waals surface area contributed by atoms with E-state index in [1.54, 1.807) is 18.2 Å². The third kappa shape index (κ3) is 2.40. The highest BCUT2D eigenvalue weighted by Crippen LogP contribution is 2.30. The lowest BCUT2D eigenvalue weighted by Crippen LogP contribution is -2.46. The van der Waals surface area contributed by atoms with Crippen LogP contribution >= 0.6 is 0 Å². The van der Waals surface area contributed by atoms with Crippen LogP contribution in [0.2, 0.25) is 0 Å². The van der Waals surface area contributed by atoms with E-state index in [-0.39, 0.29) is 23.5 Å². The number of fused-ring (bicyclic) bond motifs is 3. The molecule has 2 saturated heterocycles. The number of nitrogens with one attached hydrogen (secondary N) is 1. The molecule has 0 aliphatic carbocycles. The summed E-state index contributed by atoms with van der Waals surface area (Å²) in [6, 6.07) is 4.58. The summed E-state index contributed by atoms with van der Waals surface area (Å²) < 4.78 is 10.9. The van der Waals surface area contributed by atoms with Gasteiger partial charge in [0.2, 0.25) is 5.89 Å². The van der Waals surface area contributed by atoms with Gasteiger partial charge in [0.25, 0.3) is 0 Å². The first kappa shape index (κ1) is 15.0. The van der Waals surface area contributed by atoms with Gasteiger partial charge in [-0.1, -0.05) is 20.8 Å². The van der Waals surface area contributed by atoms with Gasteiger partial charge in [-0.15, -0.1) is 0 Å². The van der Waals surface area contributed by atoms with E-state index in [1.807, 2.05) is 20.8 Å². The number of carbonyl (C=O) groups is 2. The minimum atomic E-state index is -0.460. The van der Waals surface area contributed by atoms with Crippen molar-refractivity contribution in [3.8, 4) is 0 Å². The molecule has 1 aromatic heterocycles.